The Labute approximate surface area is 112 Å². The number of aryl methyl sites for hydroxylation is 1. The highest BCUT2D eigenvalue weighted by Gasteiger charge is 2.09. The van der Waals surface area contributed by atoms with Crippen LogP contribution in [0.5, 0.6) is 0 Å². The summed E-state index contributed by atoms with van der Waals surface area (Å²) in [7, 11) is 0. The summed E-state index contributed by atoms with van der Waals surface area (Å²) in [4.78, 5) is 10.5. The van der Waals surface area contributed by atoms with Crippen molar-refractivity contribution in [3.05, 3.63) is 47.7 Å². The number of hydrogen-bond donors (Lipinski definition) is 1. The summed E-state index contributed by atoms with van der Waals surface area (Å²) >= 11 is 0. The number of nitrogen functional groups attached to an aromatic ring is 1. The minimum atomic E-state index is -0.249. The first-order chi connectivity index (χ1) is 9.08. The number of rotatable bonds is 4. The summed E-state index contributed by atoms with van der Waals surface area (Å²) in [6.45, 7) is 5.12. The highest BCUT2D eigenvalue weighted by atomic mass is 19.1. The van der Waals surface area contributed by atoms with Crippen molar-refractivity contribution < 1.29 is 4.39 Å². The molecule has 0 aliphatic heterocycles. The number of nitrogens with two attached hydrogens (primary N) is 1. The maximum absolute atomic E-state index is 13.3. The van der Waals surface area contributed by atoms with E-state index in [1.807, 2.05) is 24.8 Å². The van der Waals surface area contributed by atoms with Crippen LogP contribution in [-0.4, -0.2) is 16.5 Å². The van der Waals surface area contributed by atoms with E-state index in [4.69, 9.17) is 5.73 Å². The molecule has 0 unspecified atom stereocenters. The van der Waals surface area contributed by atoms with Crippen LogP contribution in [0.3, 0.4) is 0 Å². The van der Waals surface area contributed by atoms with Crippen molar-refractivity contribution in [1.29, 1.82) is 0 Å². The summed E-state index contributed by atoms with van der Waals surface area (Å²) in [5.41, 5.74) is 7.35. The maximum atomic E-state index is 13.3. The van der Waals surface area contributed by atoms with Crippen LogP contribution in [0, 0.1) is 12.7 Å². The molecule has 0 atom stereocenters. The third-order valence-electron chi connectivity index (χ3n) is 2.81. The van der Waals surface area contributed by atoms with Crippen molar-refractivity contribution >= 4 is 11.5 Å². The molecule has 0 radical (unpaired) electrons. The molecule has 1 aromatic heterocycles. The Kier molecular flexibility index (Phi) is 3.94. The van der Waals surface area contributed by atoms with Gasteiger partial charge in [-0.3, -0.25) is 0 Å². The van der Waals surface area contributed by atoms with Gasteiger partial charge >= 0.3 is 0 Å². The molecule has 0 saturated carbocycles. The van der Waals surface area contributed by atoms with Crippen molar-refractivity contribution in [2.24, 2.45) is 0 Å². The van der Waals surface area contributed by atoms with Crippen LogP contribution in [0.25, 0.3) is 0 Å². The summed E-state index contributed by atoms with van der Waals surface area (Å²) < 4.78 is 13.3. The lowest BCUT2D eigenvalue weighted by Crippen LogP contribution is -2.23. The van der Waals surface area contributed by atoms with E-state index in [-0.39, 0.29) is 5.82 Å². The van der Waals surface area contributed by atoms with Crippen molar-refractivity contribution in [2.45, 2.75) is 20.4 Å². The van der Waals surface area contributed by atoms with Gasteiger partial charge in [-0.05, 0) is 32.0 Å². The SMILES string of the molecule is CCN(Cc1nc(C)cc(N)n1)c1cccc(F)c1. The molecule has 1 heterocycles. The van der Waals surface area contributed by atoms with Crippen LogP contribution >= 0.6 is 0 Å². The zero-order chi connectivity index (χ0) is 13.8. The highest BCUT2D eigenvalue weighted by molar-refractivity contribution is 5.46. The van der Waals surface area contributed by atoms with Gasteiger partial charge in [-0.15, -0.1) is 0 Å². The second-order valence-electron chi connectivity index (χ2n) is 4.34. The largest absolute Gasteiger partial charge is 0.384 e. The molecule has 0 amide bonds. The third kappa shape index (κ3) is 3.40. The smallest absolute Gasteiger partial charge is 0.150 e. The molecule has 0 aliphatic rings. The van der Waals surface area contributed by atoms with Gasteiger partial charge in [0.15, 0.2) is 0 Å². The number of hydrogen-bond acceptors (Lipinski definition) is 4. The summed E-state index contributed by atoms with van der Waals surface area (Å²) in [6, 6.07) is 8.22. The number of benzene rings is 1. The lowest BCUT2D eigenvalue weighted by atomic mass is 10.2. The third-order valence-corrected chi connectivity index (χ3v) is 2.81. The molecule has 1 aromatic carbocycles. The molecular weight excluding hydrogens is 243 g/mol. The summed E-state index contributed by atoms with van der Waals surface area (Å²) in [5.74, 6) is 0.849. The molecule has 5 heteroatoms. The molecule has 100 valence electrons. The molecule has 2 rings (SSSR count). The van der Waals surface area contributed by atoms with Crippen molar-refractivity contribution in [1.82, 2.24) is 9.97 Å². The van der Waals surface area contributed by atoms with Gasteiger partial charge in [-0.2, -0.15) is 0 Å². The van der Waals surface area contributed by atoms with Crippen LogP contribution in [0.15, 0.2) is 30.3 Å². The van der Waals surface area contributed by atoms with Crippen LogP contribution in [-0.2, 0) is 6.54 Å². The Morgan fingerprint density at radius 2 is 2.05 bits per heavy atom. The van der Waals surface area contributed by atoms with E-state index in [1.165, 1.54) is 12.1 Å². The van der Waals surface area contributed by atoms with Gasteiger partial charge in [0, 0.05) is 24.0 Å². The molecule has 0 saturated heterocycles. The van der Waals surface area contributed by atoms with E-state index in [0.717, 1.165) is 17.9 Å². The van der Waals surface area contributed by atoms with Gasteiger partial charge in [0.1, 0.15) is 17.5 Å². The zero-order valence-corrected chi connectivity index (χ0v) is 11.1. The van der Waals surface area contributed by atoms with E-state index in [1.54, 1.807) is 12.1 Å². The van der Waals surface area contributed by atoms with E-state index < -0.39 is 0 Å². The van der Waals surface area contributed by atoms with Crippen molar-refractivity contribution in [3.63, 3.8) is 0 Å². The van der Waals surface area contributed by atoms with Crippen LogP contribution < -0.4 is 10.6 Å². The molecule has 0 bridgehead atoms. The van der Waals surface area contributed by atoms with E-state index in [2.05, 4.69) is 9.97 Å². The molecule has 4 nitrogen and oxygen atoms in total. The van der Waals surface area contributed by atoms with E-state index >= 15 is 0 Å². The Morgan fingerprint density at radius 1 is 1.26 bits per heavy atom. The van der Waals surface area contributed by atoms with Crippen LogP contribution in [0.1, 0.15) is 18.4 Å². The van der Waals surface area contributed by atoms with Gasteiger partial charge in [0.2, 0.25) is 0 Å². The Hall–Kier alpha value is -2.17. The maximum Gasteiger partial charge on any atom is 0.150 e. The number of halogens is 1. The first-order valence-corrected chi connectivity index (χ1v) is 6.19. The molecule has 0 spiro atoms. The second-order valence-corrected chi connectivity index (χ2v) is 4.34. The Balaban J connectivity index is 2.23. The average Bonchev–Trinajstić information content (AvgIpc) is 2.34. The number of aromatic nitrogens is 2. The fourth-order valence-corrected chi connectivity index (χ4v) is 1.96. The summed E-state index contributed by atoms with van der Waals surface area (Å²) in [6.07, 6.45) is 0. The molecule has 0 fully saturated rings. The normalized spacial score (nSPS) is 10.5. The monoisotopic (exact) mass is 260 g/mol. The molecule has 2 N–H and O–H groups in total. The van der Waals surface area contributed by atoms with Gasteiger partial charge in [0.25, 0.3) is 0 Å². The lowest BCUT2D eigenvalue weighted by Gasteiger charge is -2.22. The van der Waals surface area contributed by atoms with E-state index in [0.29, 0.717) is 18.2 Å². The first kappa shape index (κ1) is 13.3. The van der Waals surface area contributed by atoms with Crippen LogP contribution in [0.4, 0.5) is 15.9 Å². The average molecular weight is 260 g/mol. The minimum absolute atomic E-state index is 0.249. The topological polar surface area (TPSA) is 55.0 Å². The van der Waals surface area contributed by atoms with Crippen molar-refractivity contribution in [3.8, 4) is 0 Å². The fraction of sp³-hybridized carbons (Fsp3) is 0.286. The second kappa shape index (κ2) is 5.65. The van der Waals surface area contributed by atoms with Gasteiger partial charge in [-0.25, -0.2) is 14.4 Å². The lowest BCUT2D eigenvalue weighted by molar-refractivity contribution is 0.626. The predicted molar refractivity (Wildman–Crippen MR) is 74.3 cm³/mol. The standard InChI is InChI=1S/C14H17FN4/c1-3-19(12-6-4-5-11(15)8-12)9-14-17-10(2)7-13(16)18-14/h4-8H,3,9H2,1-2H3,(H2,16,17,18). The van der Waals surface area contributed by atoms with Crippen molar-refractivity contribution in [2.75, 3.05) is 17.2 Å². The molecular formula is C14H17FN4. The number of anilines is 2. The molecule has 19 heavy (non-hydrogen) atoms. The Morgan fingerprint density at radius 3 is 2.68 bits per heavy atom. The van der Waals surface area contributed by atoms with Gasteiger partial charge in [-0.1, -0.05) is 6.07 Å². The molecule has 0 aliphatic carbocycles. The first-order valence-electron chi connectivity index (χ1n) is 6.19. The summed E-state index contributed by atoms with van der Waals surface area (Å²) in [5, 5.41) is 0. The zero-order valence-electron chi connectivity index (χ0n) is 11.1. The fourth-order valence-electron chi connectivity index (χ4n) is 1.96. The van der Waals surface area contributed by atoms with Gasteiger partial charge in [0.05, 0.1) is 6.54 Å². The number of nitrogens with zero attached hydrogens (tertiary/aromatic N) is 3. The Bertz CT molecular complexity index is 551. The van der Waals surface area contributed by atoms with Gasteiger partial charge < -0.3 is 10.6 Å². The minimum Gasteiger partial charge on any atom is -0.384 e. The quantitative estimate of drug-likeness (QED) is 0.917. The molecule has 2 aromatic rings. The van der Waals surface area contributed by atoms with E-state index in [9.17, 15) is 4.39 Å². The predicted octanol–water partition coefficient (Wildman–Crippen LogP) is 2.53. The highest BCUT2D eigenvalue weighted by Crippen LogP contribution is 2.17. The van der Waals surface area contributed by atoms with Crippen LogP contribution in [0.2, 0.25) is 0 Å².